The van der Waals surface area contributed by atoms with Crippen LogP contribution in [0, 0.1) is 12.8 Å². The largest absolute Gasteiger partial charge is 0.341 e. The van der Waals surface area contributed by atoms with E-state index in [1.54, 1.807) is 15.6 Å². The van der Waals surface area contributed by atoms with E-state index in [9.17, 15) is 9.59 Å². The molecule has 1 aliphatic carbocycles. The lowest BCUT2D eigenvalue weighted by molar-refractivity contribution is -0.132. The molecule has 26 heavy (non-hydrogen) atoms. The van der Waals surface area contributed by atoms with Crippen LogP contribution in [0.4, 0.5) is 0 Å². The molecule has 2 aromatic heterocycles. The fraction of sp³-hybridized carbons (Fsp3) is 0.556. The summed E-state index contributed by atoms with van der Waals surface area (Å²) < 4.78 is 3.37. The minimum absolute atomic E-state index is 0.0400. The monoisotopic (exact) mass is 356 g/mol. The fourth-order valence-electron chi connectivity index (χ4n) is 3.64. The molecule has 3 heterocycles. The maximum absolute atomic E-state index is 13.3. The summed E-state index contributed by atoms with van der Waals surface area (Å²) in [4.78, 5) is 29.3. The highest BCUT2D eigenvalue weighted by Gasteiger charge is 2.35. The van der Waals surface area contributed by atoms with Crippen molar-refractivity contribution in [3.8, 4) is 5.82 Å². The number of nitrogens with zero attached hydrogens (tertiary/aromatic N) is 6. The molecule has 4 rings (SSSR count). The van der Waals surface area contributed by atoms with Crippen LogP contribution < -0.4 is 0 Å². The van der Waals surface area contributed by atoms with Gasteiger partial charge in [-0.1, -0.05) is 0 Å². The highest BCUT2D eigenvalue weighted by atomic mass is 16.2. The van der Waals surface area contributed by atoms with E-state index in [0.29, 0.717) is 36.7 Å². The average molecular weight is 356 g/mol. The summed E-state index contributed by atoms with van der Waals surface area (Å²) in [7, 11) is 1.82. The Morgan fingerprint density at radius 3 is 2.54 bits per heavy atom. The number of carbonyl (C=O) groups excluding carboxylic acids is 2. The maximum atomic E-state index is 13.3. The first-order chi connectivity index (χ1) is 12.6. The van der Waals surface area contributed by atoms with Gasteiger partial charge in [-0.15, -0.1) is 0 Å². The van der Waals surface area contributed by atoms with Crippen molar-refractivity contribution in [3.05, 3.63) is 29.7 Å². The highest BCUT2D eigenvalue weighted by molar-refractivity contribution is 5.98. The van der Waals surface area contributed by atoms with E-state index in [4.69, 9.17) is 0 Å². The zero-order valence-electron chi connectivity index (χ0n) is 15.3. The maximum Gasteiger partial charge on any atom is 0.259 e. The third-order valence-electron chi connectivity index (χ3n) is 5.15. The Hall–Kier alpha value is -2.64. The second-order valence-electron chi connectivity index (χ2n) is 7.10. The molecule has 0 radical (unpaired) electrons. The number of hydrogen-bond acceptors (Lipinski definition) is 4. The minimum Gasteiger partial charge on any atom is -0.341 e. The van der Waals surface area contributed by atoms with E-state index >= 15 is 0 Å². The Morgan fingerprint density at radius 1 is 1.12 bits per heavy atom. The molecule has 1 saturated heterocycles. The van der Waals surface area contributed by atoms with Crippen LogP contribution in [0.15, 0.2) is 18.5 Å². The summed E-state index contributed by atoms with van der Waals surface area (Å²) in [6, 6.07) is 1.82. The molecule has 138 valence electrons. The molecule has 1 saturated carbocycles. The van der Waals surface area contributed by atoms with Gasteiger partial charge in [-0.25, -0.2) is 9.36 Å². The van der Waals surface area contributed by atoms with Crippen molar-refractivity contribution >= 4 is 11.8 Å². The van der Waals surface area contributed by atoms with Gasteiger partial charge >= 0.3 is 0 Å². The van der Waals surface area contributed by atoms with E-state index in [1.165, 1.54) is 0 Å². The SMILES string of the molecule is Cc1nn(C)c(-n2cccn2)c1C(=O)N1CCCN(C(=O)C2CC2)CC1. The van der Waals surface area contributed by atoms with Gasteiger partial charge in [0, 0.05) is 51.5 Å². The first kappa shape index (κ1) is 16.8. The fourth-order valence-corrected chi connectivity index (χ4v) is 3.64. The van der Waals surface area contributed by atoms with E-state index < -0.39 is 0 Å². The van der Waals surface area contributed by atoms with E-state index in [1.807, 2.05) is 36.0 Å². The number of rotatable bonds is 3. The summed E-state index contributed by atoms with van der Waals surface area (Å²) in [5.41, 5.74) is 1.27. The molecule has 0 unspecified atom stereocenters. The quantitative estimate of drug-likeness (QED) is 0.822. The number of aromatic nitrogens is 4. The zero-order valence-corrected chi connectivity index (χ0v) is 15.3. The van der Waals surface area contributed by atoms with E-state index in [2.05, 4.69) is 10.2 Å². The Labute approximate surface area is 152 Å². The Balaban J connectivity index is 1.55. The summed E-state index contributed by atoms with van der Waals surface area (Å²) in [5.74, 6) is 1.12. The molecule has 0 atom stereocenters. The Kier molecular flexibility index (Phi) is 4.26. The Bertz CT molecular complexity index is 821. The molecule has 1 aliphatic heterocycles. The van der Waals surface area contributed by atoms with Gasteiger partial charge in [0.05, 0.1) is 5.69 Å². The average Bonchev–Trinajstić information content (AvgIpc) is 3.32. The predicted octanol–water partition coefficient (Wildman–Crippen LogP) is 0.999. The normalized spacial score (nSPS) is 18.1. The van der Waals surface area contributed by atoms with Crippen molar-refractivity contribution in [2.24, 2.45) is 13.0 Å². The Morgan fingerprint density at radius 2 is 1.85 bits per heavy atom. The first-order valence-corrected chi connectivity index (χ1v) is 9.18. The molecule has 2 aliphatic rings. The molecule has 2 aromatic rings. The molecular weight excluding hydrogens is 332 g/mol. The lowest BCUT2D eigenvalue weighted by atomic mass is 10.2. The van der Waals surface area contributed by atoms with Gasteiger partial charge in [-0.05, 0) is 32.3 Å². The van der Waals surface area contributed by atoms with Gasteiger partial charge in [-0.3, -0.25) is 9.59 Å². The number of hydrogen-bond donors (Lipinski definition) is 0. The highest BCUT2D eigenvalue weighted by Crippen LogP contribution is 2.31. The molecule has 8 heteroatoms. The van der Waals surface area contributed by atoms with Crippen molar-refractivity contribution in [3.63, 3.8) is 0 Å². The van der Waals surface area contributed by atoms with Crippen molar-refractivity contribution in [2.75, 3.05) is 26.2 Å². The van der Waals surface area contributed by atoms with Crippen molar-refractivity contribution in [2.45, 2.75) is 26.2 Å². The van der Waals surface area contributed by atoms with Crippen LogP contribution in [0.3, 0.4) is 0 Å². The van der Waals surface area contributed by atoms with Crippen LogP contribution in [0.1, 0.15) is 35.3 Å². The first-order valence-electron chi connectivity index (χ1n) is 9.18. The summed E-state index contributed by atoms with van der Waals surface area (Å²) >= 11 is 0. The smallest absolute Gasteiger partial charge is 0.259 e. The van der Waals surface area contributed by atoms with Crippen LogP contribution in [0.2, 0.25) is 0 Å². The zero-order chi connectivity index (χ0) is 18.3. The number of aryl methyl sites for hydroxylation is 2. The van der Waals surface area contributed by atoms with Crippen LogP contribution in [0.25, 0.3) is 5.82 Å². The summed E-state index contributed by atoms with van der Waals surface area (Å²) in [6.07, 6.45) is 6.33. The topological polar surface area (TPSA) is 76.3 Å². The molecular formula is C18H24N6O2. The molecule has 0 bridgehead atoms. The molecule has 2 fully saturated rings. The number of carbonyl (C=O) groups is 2. The van der Waals surface area contributed by atoms with Crippen LogP contribution >= 0.6 is 0 Å². The van der Waals surface area contributed by atoms with E-state index in [-0.39, 0.29) is 17.7 Å². The second-order valence-corrected chi connectivity index (χ2v) is 7.10. The molecule has 2 amide bonds. The van der Waals surface area contributed by atoms with Gasteiger partial charge in [0.1, 0.15) is 5.56 Å². The van der Waals surface area contributed by atoms with Crippen molar-refractivity contribution < 1.29 is 9.59 Å². The van der Waals surface area contributed by atoms with E-state index in [0.717, 1.165) is 25.8 Å². The predicted molar refractivity (Wildman–Crippen MR) is 94.9 cm³/mol. The van der Waals surface area contributed by atoms with Crippen molar-refractivity contribution in [1.29, 1.82) is 0 Å². The lowest BCUT2D eigenvalue weighted by Gasteiger charge is -2.22. The molecule has 8 nitrogen and oxygen atoms in total. The van der Waals surface area contributed by atoms with Crippen LogP contribution in [0.5, 0.6) is 0 Å². The minimum atomic E-state index is -0.0400. The molecule has 0 aromatic carbocycles. The van der Waals surface area contributed by atoms with Gasteiger partial charge in [-0.2, -0.15) is 10.2 Å². The van der Waals surface area contributed by atoms with Crippen molar-refractivity contribution in [1.82, 2.24) is 29.4 Å². The lowest BCUT2D eigenvalue weighted by Crippen LogP contribution is -2.38. The third-order valence-corrected chi connectivity index (χ3v) is 5.15. The van der Waals surface area contributed by atoms with Crippen LogP contribution in [-0.2, 0) is 11.8 Å². The molecule has 0 N–H and O–H groups in total. The summed E-state index contributed by atoms with van der Waals surface area (Å²) in [5, 5.41) is 8.69. The second kappa shape index (κ2) is 6.59. The molecule has 0 spiro atoms. The van der Waals surface area contributed by atoms with Gasteiger partial charge in [0.2, 0.25) is 5.91 Å². The summed E-state index contributed by atoms with van der Waals surface area (Å²) in [6.45, 7) is 4.40. The van der Waals surface area contributed by atoms with Gasteiger partial charge < -0.3 is 9.80 Å². The third kappa shape index (κ3) is 3.00. The van der Waals surface area contributed by atoms with Crippen LogP contribution in [-0.4, -0.2) is 67.4 Å². The standard InChI is InChI=1S/C18H24N6O2/c1-13-15(16(21(2)20-13)24-10-3-7-19-24)18(26)23-9-4-8-22(11-12-23)17(25)14-5-6-14/h3,7,10,14H,4-6,8-9,11-12H2,1-2H3. The number of amides is 2. The van der Waals surface area contributed by atoms with Gasteiger partial charge in [0.15, 0.2) is 5.82 Å². The van der Waals surface area contributed by atoms with Gasteiger partial charge in [0.25, 0.3) is 5.91 Å².